The Morgan fingerprint density at radius 1 is 1.22 bits per heavy atom. The zero-order valence-corrected chi connectivity index (χ0v) is 16.3. The van der Waals surface area contributed by atoms with Crippen molar-refractivity contribution in [2.24, 2.45) is 0 Å². The summed E-state index contributed by atoms with van der Waals surface area (Å²) in [6.45, 7) is 10.0. The van der Waals surface area contributed by atoms with E-state index in [0.717, 1.165) is 69.0 Å². The van der Waals surface area contributed by atoms with Gasteiger partial charge in [0, 0.05) is 61.7 Å². The standard InChI is InChI=1S/C21H28N4O2/c1-3-25-16(2)19(13-22-25)15-23-10-11-27-20-7-6-17(12-18(20)14-23)21(26)24-8-4-5-9-24/h6-7,12-13H,3-5,8-11,14-15H2,1-2H3. The highest BCUT2D eigenvalue weighted by molar-refractivity contribution is 5.94. The lowest BCUT2D eigenvalue weighted by molar-refractivity contribution is 0.0792. The number of fused-ring (bicyclic) bond motifs is 1. The quantitative estimate of drug-likeness (QED) is 0.833. The van der Waals surface area contributed by atoms with Crippen LogP contribution in [-0.2, 0) is 19.6 Å². The monoisotopic (exact) mass is 368 g/mol. The van der Waals surface area contributed by atoms with Crippen molar-refractivity contribution in [1.82, 2.24) is 19.6 Å². The Morgan fingerprint density at radius 2 is 2.04 bits per heavy atom. The lowest BCUT2D eigenvalue weighted by Gasteiger charge is -2.20. The zero-order valence-electron chi connectivity index (χ0n) is 16.3. The van der Waals surface area contributed by atoms with Crippen LogP contribution in [0.5, 0.6) is 5.75 Å². The molecule has 144 valence electrons. The highest BCUT2D eigenvalue weighted by Gasteiger charge is 2.22. The van der Waals surface area contributed by atoms with E-state index < -0.39 is 0 Å². The van der Waals surface area contributed by atoms with Gasteiger partial charge in [-0.2, -0.15) is 5.10 Å². The van der Waals surface area contributed by atoms with Gasteiger partial charge in [0.2, 0.25) is 0 Å². The van der Waals surface area contributed by atoms with Crippen molar-refractivity contribution >= 4 is 5.91 Å². The Kier molecular flexibility index (Phi) is 5.16. The van der Waals surface area contributed by atoms with Crippen LogP contribution in [0.25, 0.3) is 0 Å². The Hall–Kier alpha value is -2.34. The van der Waals surface area contributed by atoms with Gasteiger partial charge in [-0.1, -0.05) is 0 Å². The molecule has 1 aromatic heterocycles. The minimum absolute atomic E-state index is 0.145. The van der Waals surface area contributed by atoms with Crippen molar-refractivity contribution in [3.63, 3.8) is 0 Å². The first-order chi connectivity index (χ1) is 13.2. The minimum Gasteiger partial charge on any atom is -0.492 e. The predicted molar refractivity (Wildman–Crippen MR) is 104 cm³/mol. The molecule has 0 N–H and O–H groups in total. The number of rotatable bonds is 4. The molecule has 2 aliphatic heterocycles. The number of ether oxygens (including phenoxy) is 1. The van der Waals surface area contributed by atoms with Gasteiger partial charge in [0.1, 0.15) is 12.4 Å². The van der Waals surface area contributed by atoms with Gasteiger partial charge in [-0.05, 0) is 44.9 Å². The lowest BCUT2D eigenvalue weighted by atomic mass is 10.1. The largest absolute Gasteiger partial charge is 0.492 e. The Labute approximate surface area is 160 Å². The number of carbonyl (C=O) groups is 1. The third kappa shape index (κ3) is 3.72. The van der Waals surface area contributed by atoms with Gasteiger partial charge < -0.3 is 9.64 Å². The fourth-order valence-electron chi connectivity index (χ4n) is 4.02. The summed E-state index contributed by atoms with van der Waals surface area (Å²) in [7, 11) is 0. The molecule has 2 aliphatic rings. The van der Waals surface area contributed by atoms with Crippen molar-refractivity contribution in [3.8, 4) is 5.75 Å². The molecule has 1 saturated heterocycles. The molecule has 0 unspecified atom stereocenters. The Balaban J connectivity index is 1.52. The molecule has 1 fully saturated rings. The number of amides is 1. The van der Waals surface area contributed by atoms with Crippen LogP contribution in [0.4, 0.5) is 0 Å². The van der Waals surface area contributed by atoms with E-state index in [2.05, 4.69) is 23.8 Å². The normalized spacial score (nSPS) is 17.5. The first-order valence-corrected chi connectivity index (χ1v) is 9.94. The van der Waals surface area contributed by atoms with Crippen molar-refractivity contribution in [1.29, 1.82) is 0 Å². The molecular weight excluding hydrogens is 340 g/mol. The van der Waals surface area contributed by atoms with Crippen LogP contribution in [0.15, 0.2) is 24.4 Å². The summed E-state index contributed by atoms with van der Waals surface area (Å²) in [5.41, 5.74) is 4.35. The molecule has 1 amide bonds. The number of aryl methyl sites for hydroxylation is 1. The second-order valence-electron chi connectivity index (χ2n) is 7.45. The maximum atomic E-state index is 12.7. The maximum Gasteiger partial charge on any atom is 0.253 e. The molecule has 2 aromatic rings. The van der Waals surface area contributed by atoms with E-state index >= 15 is 0 Å². The average molecular weight is 368 g/mol. The summed E-state index contributed by atoms with van der Waals surface area (Å²) in [6, 6.07) is 5.89. The van der Waals surface area contributed by atoms with Crippen LogP contribution in [-0.4, -0.2) is 51.7 Å². The van der Waals surface area contributed by atoms with E-state index in [1.54, 1.807) is 0 Å². The maximum absolute atomic E-state index is 12.7. The van der Waals surface area contributed by atoms with E-state index in [1.807, 2.05) is 34.0 Å². The number of nitrogens with zero attached hydrogens (tertiary/aromatic N) is 4. The van der Waals surface area contributed by atoms with E-state index in [-0.39, 0.29) is 5.91 Å². The van der Waals surface area contributed by atoms with Crippen LogP contribution in [0.1, 0.15) is 46.9 Å². The fourth-order valence-corrected chi connectivity index (χ4v) is 4.02. The molecule has 0 atom stereocenters. The molecule has 6 heteroatoms. The van der Waals surface area contributed by atoms with Gasteiger partial charge in [0.25, 0.3) is 5.91 Å². The first-order valence-electron chi connectivity index (χ1n) is 9.94. The van der Waals surface area contributed by atoms with E-state index in [4.69, 9.17) is 4.74 Å². The summed E-state index contributed by atoms with van der Waals surface area (Å²) >= 11 is 0. The second-order valence-corrected chi connectivity index (χ2v) is 7.45. The molecule has 0 bridgehead atoms. The SMILES string of the molecule is CCn1ncc(CN2CCOc3ccc(C(=O)N4CCCC4)cc3C2)c1C. The van der Waals surface area contributed by atoms with Crippen LogP contribution in [0.2, 0.25) is 0 Å². The van der Waals surface area contributed by atoms with Crippen molar-refractivity contribution < 1.29 is 9.53 Å². The molecule has 0 aliphatic carbocycles. The molecule has 0 spiro atoms. The first kappa shape index (κ1) is 18.0. The molecule has 1 aromatic carbocycles. The fraction of sp³-hybridized carbons (Fsp3) is 0.524. The van der Waals surface area contributed by atoms with Crippen LogP contribution >= 0.6 is 0 Å². The van der Waals surface area contributed by atoms with Crippen molar-refractivity contribution in [2.45, 2.75) is 46.3 Å². The van der Waals surface area contributed by atoms with Gasteiger partial charge in [-0.25, -0.2) is 0 Å². The summed E-state index contributed by atoms with van der Waals surface area (Å²) in [5, 5.41) is 4.46. The van der Waals surface area contributed by atoms with E-state index in [0.29, 0.717) is 6.61 Å². The van der Waals surface area contributed by atoms with Crippen LogP contribution < -0.4 is 4.74 Å². The topological polar surface area (TPSA) is 50.6 Å². The second kappa shape index (κ2) is 7.72. The van der Waals surface area contributed by atoms with Gasteiger partial charge in [-0.3, -0.25) is 14.4 Å². The molecule has 4 rings (SSSR count). The summed E-state index contributed by atoms with van der Waals surface area (Å²) in [5.74, 6) is 1.04. The molecular formula is C21H28N4O2. The smallest absolute Gasteiger partial charge is 0.253 e. The highest BCUT2D eigenvalue weighted by Crippen LogP contribution is 2.26. The lowest BCUT2D eigenvalue weighted by Crippen LogP contribution is -2.28. The summed E-state index contributed by atoms with van der Waals surface area (Å²) in [6.07, 6.45) is 4.19. The molecule has 6 nitrogen and oxygen atoms in total. The summed E-state index contributed by atoms with van der Waals surface area (Å²) < 4.78 is 7.98. The van der Waals surface area contributed by atoms with Gasteiger partial charge in [0.05, 0.1) is 6.20 Å². The molecule has 3 heterocycles. The van der Waals surface area contributed by atoms with Crippen molar-refractivity contribution in [3.05, 3.63) is 46.8 Å². The van der Waals surface area contributed by atoms with E-state index in [1.165, 1.54) is 11.3 Å². The van der Waals surface area contributed by atoms with Crippen LogP contribution in [0.3, 0.4) is 0 Å². The molecule has 0 radical (unpaired) electrons. The number of likely N-dealkylation sites (tertiary alicyclic amines) is 1. The number of aromatic nitrogens is 2. The number of benzene rings is 1. The zero-order chi connectivity index (χ0) is 18.8. The number of hydrogen-bond acceptors (Lipinski definition) is 4. The predicted octanol–water partition coefficient (Wildman–Crippen LogP) is 2.84. The molecule has 27 heavy (non-hydrogen) atoms. The number of hydrogen-bond donors (Lipinski definition) is 0. The van der Waals surface area contributed by atoms with Gasteiger partial charge >= 0.3 is 0 Å². The average Bonchev–Trinajstić information content (AvgIpc) is 3.28. The van der Waals surface area contributed by atoms with Gasteiger partial charge in [0.15, 0.2) is 0 Å². The highest BCUT2D eigenvalue weighted by atomic mass is 16.5. The third-order valence-electron chi connectivity index (χ3n) is 5.66. The Morgan fingerprint density at radius 3 is 2.78 bits per heavy atom. The summed E-state index contributed by atoms with van der Waals surface area (Å²) in [4.78, 5) is 17.1. The third-order valence-corrected chi connectivity index (χ3v) is 5.66. The number of carbonyl (C=O) groups excluding carboxylic acids is 1. The van der Waals surface area contributed by atoms with Crippen LogP contribution in [0, 0.1) is 6.92 Å². The Bertz CT molecular complexity index is 824. The van der Waals surface area contributed by atoms with Crippen molar-refractivity contribution in [2.75, 3.05) is 26.2 Å². The minimum atomic E-state index is 0.145. The molecule has 0 saturated carbocycles. The van der Waals surface area contributed by atoms with Gasteiger partial charge in [-0.15, -0.1) is 0 Å². The van der Waals surface area contributed by atoms with E-state index in [9.17, 15) is 4.79 Å².